The number of hydrogen-bond donors (Lipinski definition) is 0. The Morgan fingerprint density at radius 1 is 1.56 bits per heavy atom. The van der Waals surface area contributed by atoms with Crippen molar-refractivity contribution in [2.24, 2.45) is 4.99 Å². The fraction of sp³-hybridized carbons (Fsp3) is 0.333. The van der Waals surface area contributed by atoms with Gasteiger partial charge in [-0.05, 0) is 13.8 Å². The molecule has 0 spiro atoms. The highest BCUT2D eigenvalue weighted by atomic mass is 16.2. The zero-order chi connectivity index (χ0) is 7.28. The largest absolute Gasteiger partial charge is 0.280 e. The van der Waals surface area contributed by atoms with Gasteiger partial charge in [-0.2, -0.15) is 0 Å². The van der Waals surface area contributed by atoms with E-state index in [9.17, 15) is 9.59 Å². The number of isocyanates is 1. The zero-order valence-corrected chi connectivity index (χ0v) is 5.34. The van der Waals surface area contributed by atoms with Crippen molar-refractivity contribution in [2.45, 2.75) is 13.8 Å². The summed E-state index contributed by atoms with van der Waals surface area (Å²) in [6, 6.07) is 0. The lowest BCUT2D eigenvalue weighted by Crippen LogP contribution is -1.85. The number of carbonyl (C=O) groups is 1. The molecule has 0 aliphatic rings. The van der Waals surface area contributed by atoms with E-state index in [0.717, 1.165) is 11.7 Å². The number of allylic oxidation sites excluding steroid dienone is 1. The van der Waals surface area contributed by atoms with Gasteiger partial charge in [-0.15, -0.1) is 4.99 Å². The van der Waals surface area contributed by atoms with Crippen molar-refractivity contribution in [3.05, 3.63) is 11.6 Å². The normalized spacial score (nSPS) is 7.33. The van der Waals surface area contributed by atoms with Crippen LogP contribution in [0.1, 0.15) is 13.8 Å². The topological polar surface area (TPSA) is 46.5 Å². The summed E-state index contributed by atoms with van der Waals surface area (Å²) in [7, 11) is 0. The Morgan fingerprint density at radius 2 is 2.11 bits per heavy atom. The van der Waals surface area contributed by atoms with Crippen LogP contribution in [0, 0.1) is 0 Å². The highest BCUT2D eigenvalue weighted by Crippen LogP contribution is 1.88. The van der Waals surface area contributed by atoms with Crippen LogP contribution >= 0.6 is 0 Å². The molecule has 0 aromatic carbocycles. The first kappa shape index (κ1) is 7.79. The highest BCUT2D eigenvalue weighted by molar-refractivity contribution is 5.91. The van der Waals surface area contributed by atoms with Crippen LogP contribution in [0.3, 0.4) is 0 Å². The monoisotopic (exact) mass is 125 g/mol. The minimum absolute atomic E-state index is 0.551. The Hall–Kier alpha value is -1.21. The molecule has 0 aliphatic carbocycles. The molecule has 0 aromatic heterocycles. The van der Waals surface area contributed by atoms with E-state index in [1.54, 1.807) is 13.8 Å². The van der Waals surface area contributed by atoms with Crippen molar-refractivity contribution in [3.63, 3.8) is 0 Å². The van der Waals surface area contributed by atoms with Crippen LogP contribution in [-0.2, 0) is 9.59 Å². The molecular weight excluding hydrogens is 118 g/mol. The lowest BCUT2D eigenvalue weighted by molar-refractivity contribution is -0.113. The van der Waals surface area contributed by atoms with Crippen molar-refractivity contribution in [2.75, 3.05) is 0 Å². The Morgan fingerprint density at radius 3 is 2.44 bits per heavy atom. The van der Waals surface area contributed by atoms with Gasteiger partial charge in [0.05, 0.1) is 0 Å². The zero-order valence-electron chi connectivity index (χ0n) is 5.34. The number of hydrogen-bond acceptors (Lipinski definition) is 2. The van der Waals surface area contributed by atoms with E-state index in [0.29, 0.717) is 0 Å². The van der Waals surface area contributed by atoms with E-state index in [1.165, 1.54) is 6.08 Å². The molecule has 0 unspecified atom stereocenters. The molecule has 0 aromatic rings. The summed E-state index contributed by atoms with van der Waals surface area (Å²) >= 11 is 0. The smallest absolute Gasteiger partial charge is 0.267 e. The van der Waals surface area contributed by atoms with Gasteiger partial charge in [-0.3, -0.25) is 4.79 Å². The molecule has 0 N–H and O–H groups in total. The number of rotatable bonds is 1. The average molecular weight is 125 g/mol. The van der Waals surface area contributed by atoms with Gasteiger partial charge in [0.15, 0.2) is 0 Å². The van der Waals surface area contributed by atoms with Crippen LogP contribution in [0.25, 0.3) is 0 Å². The van der Waals surface area contributed by atoms with Crippen molar-refractivity contribution >= 4 is 12.0 Å². The number of carbonyl (C=O) groups excluding carboxylic acids is 2. The molecule has 0 saturated heterocycles. The molecular formula is C6H7NO2. The maximum absolute atomic E-state index is 10.3. The van der Waals surface area contributed by atoms with Gasteiger partial charge in [-0.25, -0.2) is 4.79 Å². The summed E-state index contributed by atoms with van der Waals surface area (Å²) in [4.78, 5) is 22.6. The van der Waals surface area contributed by atoms with Gasteiger partial charge in [0.1, 0.15) is 0 Å². The number of nitrogens with zero attached hydrogens (tertiary/aromatic N) is 1. The maximum atomic E-state index is 10.3. The van der Waals surface area contributed by atoms with Crippen molar-refractivity contribution < 1.29 is 9.59 Å². The number of aliphatic imine (C=N–C) groups is 1. The standard InChI is InChI=1S/C6H7NO2/c1-5(2)3-6(9)7-4-8/h3H,1-2H3. The second-order valence-electron chi connectivity index (χ2n) is 1.76. The average Bonchev–Trinajstić information content (AvgIpc) is 1.63. The highest BCUT2D eigenvalue weighted by Gasteiger charge is 1.88. The van der Waals surface area contributed by atoms with Crippen LogP contribution in [0.2, 0.25) is 0 Å². The molecule has 0 bridgehead atoms. The third kappa shape index (κ3) is 4.65. The number of amides is 1. The third-order valence-corrected chi connectivity index (χ3v) is 0.568. The maximum Gasteiger partial charge on any atom is 0.280 e. The predicted octanol–water partition coefficient (Wildman–Crippen LogP) is 0.815. The SMILES string of the molecule is CC(C)=CC(=O)N=C=O. The first-order valence-electron chi connectivity index (χ1n) is 2.43. The van der Waals surface area contributed by atoms with Gasteiger partial charge in [0.2, 0.25) is 6.08 Å². The van der Waals surface area contributed by atoms with Crippen LogP contribution in [0.4, 0.5) is 0 Å². The van der Waals surface area contributed by atoms with Crippen molar-refractivity contribution in [1.29, 1.82) is 0 Å². The second kappa shape index (κ2) is 3.75. The fourth-order valence-corrected chi connectivity index (χ4v) is 0.324. The summed E-state index contributed by atoms with van der Waals surface area (Å²) in [5.41, 5.74) is 0.819. The minimum Gasteiger partial charge on any atom is -0.267 e. The third-order valence-electron chi connectivity index (χ3n) is 0.568. The summed E-state index contributed by atoms with van der Waals surface area (Å²) < 4.78 is 0. The van der Waals surface area contributed by atoms with E-state index < -0.39 is 5.91 Å². The molecule has 0 saturated carbocycles. The molecule has 0 atom stereocenters. The molecule has 3 heteroatoms. The Kier molecular flexibility index (Phi) is 3.25. The summed E-state index contributed by atoms with van der Waals surface area (Å²) in [6.45, 7) is 3.50. The molecule has 3 nitrogen and oxygen atoms in total. The Balaban J connectivity index is 4.08. The first-order chi connectivity index (χ1) is 4.16. The van der Waals surface area contributed by atoms with E-state index in [4.69, 9.17) is 0 Å². The molecule has 48 valence electrons. The van der Waals surface area contributed by atoms with Crippen molar-refractivity contribution in [3.8, 4) is 0 Å². The molecule has 0 aliphatic heterocycles. The molecule has 0 heterocycles. The van der Waals surface area contributed by atoms with Crippen LogP contribution < -0.4 is 0 Å². The molecule has 0 fully saturated rings. The Labute approximate surface area is 53.1 Å². The first-order valence-corrected chi connectivity index (χ1v) is 2.43. The van der Waals surface area contributed by atoms with Gasteiger partial charge >= 0.3 is 0 Å². The van der Waals surface area contributed by atoms with Crippen molar-refractivity contribution in [1.82, 2.24) is 0 Å². The quantitative estimate of drug-likeness (QED) is 0.296. The van der Waals surface area contributed by atoms with Gasteiger partial charge in [-0.1, -0.05) is 5.57 Å². The van der Waals surface area contributed by atoms with Gasteiger partial charge < -0.3 is 0 Å². The molecule has 0 rings (SSSR count). The predicted molar refractivity (Wildman–Crippen MR) is 32.6 cm³/mol. The fourth-order valence-electron chi connectivity index (χ4n) is 0.324. The summed E-state index contributed by atoms with van der Waals surface area (Å²) in [6.07, 6.45) is 2.42. The molecule has 1 amide bonds. The molecule has 0 radical (unpaired) electrons. The van der Waals surface area contributed by atoms with Crippen LogP contribution in [0.5, 0.6) is 0 Å². The van der Waals surface area contributed by atoms with E-state index in [1.807, 2.05) is 0 Å². The van der Waals surface area contributed by atoms with Crippen LogP contribution in [0.15, 0.2) is 16.6 Å². The van der Waals surface area contributed by atoms with E-state index in [-0.39, 0.29) is 0 Å². The van der Waals surface area contributed by atoms with Crippen LogP contribution in [-0.4, -0.2) is 12.0 Å². The van der Waals surface area contributed by atoms with Gasteiger partial charge in [0, 0.05) is 6.08 Å². The van der Waals surface area contributed by atoms with Gasteiger partial charge in [0.25, 0.3) is 5.91 Å². The lowest BCUT2D eigenvalue weighted by Gasteiger charge is -1.80. The second-order valence-corrected chi connectivity index (χ2v) is 1.76. The summed E-state index contributed by atoms with van der Waals surface area (Å²) in [5.74, 6) is -0.551. The Bertz CT molecular complexity index is 183. The summed E-state index contributed by atoms with van der Waals surface area (Å²) in [5, 5.41) is 0. The van der Waals surface area contributed by atoms with E-state index in [2.05, 4.69) is 4.99 Å². The van der Waals surface area contributed by atoms with E-state index >= 15 is 0 Å². The lowest BCUT2D eigenvalue weighted by atomic mass is 10.3. The molecule has 9 heavy (non-hydrogen) atoms. The minimum atomic E-state index is -0.551.